The summed E-state index contributed by atoms with van der Waals surface area (Å²) in [5.41, 5.74) is 5.45. The van der Waals surface area contributed by atoms with Crippen molar-refractivity contribution in [2.24, 2.45) is 5.73 Å². The van der Waals surface area contributed by atoms with Crippen LogP contribution in [-0.4, -0.2) is 16.6 Å². The molecule has 0 aromatic carbocycles. The molecule has 1 aromatic rings. The van der Waals surface area contributed by atoms with E-state index >= 15 is 0 Å². The quantitative estimate of drug-likeness (QED) is 0.792. The Labute approximate surface area is 90.7 Å². The summed E-state index contributed by atoms with van der Waals surface area (Å²) in [5, 5.41) is 9.19. The zero-order chi connectivity index (χ0) is 10.7. The summed E-state index contributed by atoms with van der Waals surface area (Å²) in [6, 6.07) is 1.07. The molecule has 0 spiro atoms. The van der Waals surface area contributed by atoms with Gasteiger partial charge in [0, 0.05) is 5.56 Å². The molecule has 14 heavy (non-hydrogen) atoms. The first-order chi connectivity index (χ1) is 6.56. The Balaban J connectivity index is 3.02. The molecule has 0 fully saturated rings. The minimum absolute atomic E-state index is 0.00245. The van der Waals surface area contributed by atoms with Crippen molar-refractivity contribution in [3.63, 3.8) is 0 Å². The first kappa shape index (κ1) is 11.7. The smallest absolute Gasteiger partial charge is 0.166 e. The molecule has 78 valence electrons. The van der Waals surface area contributed by atoms with E-state index in [1.165, 1.54) is 0 Å². The van der Waals surface area contributed by atoms with E-state index in [0.29, 0.717) is 6.42 Å². The van der Waals surface area contributed by atoms with Crippen molar-refractivity contribution in [2.45, 2.75) is 12.5 Å². The predicted molar refractivity (Wildman–Crippen MR) is 52.8 cm³/mol. The molecule has 3 N–H and O–H groups in total. The van der Waals surface area contributed by atoms with Crippen molar-refractivity contribution in [1.82, 2.24) is 4.98 Å². The summed E-state index contributed by atoms with van der Waals surface area (Å²) < 4.78 is 13.0. The average Bonchev–Trinajstić information content (AvgIpc) is 2.11. The van der Waals surface area contributed by atoms with Crippen molar-refractivity contribution in [3.8, 4) is 0 Å². The number of aromatic nitrogens is 1. The Morgan fingerprint density at radius 2 is 2.14 bits per heavy atom. The van der Waals surface area contributed by atoms with Crippen molar-refractivity contribution in [3.05, 3.63) is 27.8 Å². The fourth-order valence-electron chi connectivity index (χ4n) is 1.01. The van der Waals surface area contributed by atoms with Crippen LogP contribution in [0.15, 0.2) is 6.07 Å². The first-order valence-corrected chi connectivity index (χ1v) is 4.71. The van der Waals surface area contributed by atoms with Crippen molar-refractivity contribution < 1.29 is 9.50 Å². The molecule has 0 saturated heterocycles. The van der Waals surface area contributed by atoms with Gasteiger partial charge in [-0.05, 0) is 19.0 Å². The fourth-order valence-corrected chi connectivity index (χ4v) is 1.45. The van der Waals surface area contributed by atoms with E-state index in [1.54, 1.807) is 0 Å². The van der Waals surface area contributed by atoms with Gasteiger partial charge in [-0.1, -0.05) is 23.2 Å². The highest BCUT2D eigenvalue weighted by molar-refractivity contribution is 6.32. The first-order valence-electron chi connectivity index (χ1n) is 3.95. The van der Waals surface area contributed by atoms with Gasteiger partial charge in [0.25, 0.3) is 0 Å². The molecular weight excluding hydrogens is 230 g/mol. The number of hydrogen-bond acceptors (Lipinski definition) is 3. The van der Waals surface area contributed by atoms with Crippen LogP contribution in [-0.2, 0) is 0 Å². The molecule has 6 heteroatoms. The topological polar surface area (TPSA) is 59.1 Å². The highest BCUT2D eigenvalue weighted by atomic mass is 35.5. The van der Waals surface area contributed by atoms with Crippen LogP contribution in [0.4, 0.5) is 4.39 Å². The zero-order valence-corrected chi connectivity index (χ0v) is 8.69. The van der Waals surface area contributed by atoms with Gasteiger partial charge in [0.05, 0.1) is 6.10 Å². The summed E-state index contributed by atoms with van der Waals surface area (Å²) >= 11 is 11.1. The van der Waals surface area contributed by atoms with Crippen LogP contribution >= 0.6 is 23.2 Å². The molecule has 1 heterocycles. The molecular formula is C8H9Cl2FN2O. The van der Waals surface area contributed by atoms with Gasteiger partial charge in [0.2, 0.25) is 0 Å². The summed E-state index contributed by atoms with van der Waals surface area (Å²) in [6.07, 6.45) is -0.616. The minimum atomic E-state index is -0.910. The molecule has 1 atom stereocenters. The third-order valence-corrected chi connectivity index (χ3v) is 2.28. The predicted octanol–water partition coefficient (Wildman–Crippen LogP) is 1.91. The second kappa shape index (κ2) is 4.89. The van der Waals surface area contributed by atoms with Crippen LogP contribution in [0.2, 0.25) is 10.3 Å². The van der Waals surface area contributed by atoms with Crippen LogP contribution in [0.25, 0.3) is 0 Å². The number of aliphatic hydroxyl groups is 1. The van der Waals surface area contributed by atoms with Crippen LogP contribution in [0.1, 0.15) is 18.1 Å². The number of rotatable bonds is 3. The largest absolute Gasteiger partial charge is 0.388 e. The van der Waals surface area contributed by atoms with Gasteiger partial charge in [-0.2, -0.15) is 0 Å². The molecule has 1 rings (SSSR count). The van der Waals surface area contributed by atoms with Gasteiger partial charge in [-0.3, -0.25) is 0 Å². The number of nitrogens with zero attached hydrogens (tertiary/aromatic N) is 1. The number of halogens is 3. The maximum Gasteiger partial charge on any atom is 0.166 e. The lowest BCUT2D eigenvalue weighted by Gasteiger charge is -2.11. The highest BCUT2D eigenvalue weighted by Crippen LogP contribution is 2.26. The van der Waals surface area contributed by atoms with E-state index in [-0.39, 0.29) is 22.4 Å². The summed E-state index contributed by atoms with van der Waals surface area (Å²) in [6.45, 7) is 0.280. The van der Waals surface area contributed by atoms with E-state index in [0.717, 1.165) is 6.07 Å². The van der Waals surface area contributed by atoms with Crippen LogP contribution in [0.5, 0.6) is 0 Å². The summed E-state index contributed by atoms with van der Waals surface area (Å²) in [4.78, 5) is 3.53. The molecule has 0 aliphatic heterocycles. The van der Waals surface area contributed by atoms with Crippen molar-refractivity contribution in [1.29, 1.82) is 0 Å². The van der Waals surface area contributed by atoms with E-state index in [4.69, 9.17) is 28.9 Å². The Kier molecular flexibility index (Phi) is 4.07. The Morgan fingerprint density at radius 1 is 1.50 bits per heavy atom. The number of nitrogens with two attached hydrogens (primary N) is 1. The monoisotopic (exact) mass is 238 g/mol. The minimum Gasteiger partial charge on any atom is -0.388 e. The second-order valence-electron chi connectivity index (χ2n) is 2.73. The molecule has 0 saturated carbocycles. The van der Waals surface area contributed by atoms with Gasteiger partial charge >= 0.3 is 0 Å². The fraction of sp³-hybridized carbons (Fsp3) is 0.375. The summed E-state index contributed by atoms with van der Waals surface area (Å²) in [5.74, 6) is -0.706. The third-order valence-electron chi connectivity index (χ3n) is 1.71. The molecule has 0 amide bonds. The highest BCUT2D eigenvalue weighted by Gasteiger charge is 2.15. The summed E-state index contributed by atoms with van der Waals surface area (Å²) in [7, 11) is 0. The van der Waals surface area contributed by atoms with Crippen LogP contribution in [0.3, 0.4) is 0 Å². The van der Waals surface area contributed by atoms with Gasteiger partial charge in [-0.15, -0.1) is 0 Å². The zero-order valence-electron chi connectivity index (χ0n) is 7.17. The van der Waals surface area contributed by atoms with Crippen molar-refractivity contribution >= 4 is 23.2 Å². The molecule has 1 aromatic heterocycles. The standard InChI is InChI=1S/C8H9Cl2FN2O/c9-7-4(6(14)1-2-12)3-5(11)8(10)13-7/h3,6,14H,1-2,12H2. The maximum absolute atomic E-state index is 13.0. The third kappa shape index (κ3) is 2.54. The number of hydrogen-bond donors (Lipinski definition) is 2. The lowest BCUT2D eigenvalue weighted by atomic mass is 10.1. The van der Waals surface area contributed by atoms with Crippen LogP contribution < -0.4 is 5.73 Å². The molecule has 0 aliphatic carbocycles. The van der Waals surface area contributed by atoms with E-state index < -0.39 is 11.9 Å². The van der Waals surface area contributed by atoms with E-state index in [9.17, 15) is 9.50 Å². The van der Waals surface area contributed by atoms with Crippen molar-refractivity contribution in [2.75, 3.05) is 6.54 Å². The Hall–Kier alpha value is -0.420. The molecule has 0 radical (unpaired) electrons. The van der Waals surface area contributed by atoms with Gasteiger partial charge < -0.3 is 10.8 Å². The molecule has 0 bridgehead atoms. The lowest BCUT2D eigenvalue weighted by molar-refractivity contribution is 0.169. The van der Waals surface area contributed by atoms with E-state index in [2.05, 4.69) is 4.98 Å². The number of pyridine rings is 1. The van der Waals surface area contributed by atoms with Gasteiger partial charge in [-0.25, -0.2) is 9.37 Å². The normalized spacial score (nSPS) is 12.9. The van der Waals surface area contributed by atoms with E-state index in [1.807, 2.05) is 0 Å². The average molecular weight is 239 g/mol. The maximum atomic E-state index is 13.0. The second-order valence-corrected chi connectivity index (χ2v) is 3.45. The van der Waals surface area contributed by atoms with Crippen LogP contribution in [0, 0.1) is 5.82 Å². The van der Waals surface area contributed by atoms with Gasteiger partial charge in [0.15, 0.2) is 11.0 Å². The Morgan fingerprint density at radius 3 is 2.71 bits per heavy atom. The Bertz CT molecular complexity index is 335. The van der Waals surface area contributed by atoms with Gasteiger partial charge in [0.1, 0.15) is 5.15 Å². The molecule has 3 nitrogen and oxygen atoms in total. The molecule has 0 aliphatic rings. The SMILES string of the molecule is NCCC(O)c1cc(F)c(Cl)nc1Cl. The lowest BCUT2D eigenvalue weighted by Crippen LogP contribution is -2.08. The molecule has 1 unspecified atom stereocenters. The number of aliphatic hydroxyl groups excluding tert-OH is 1.